The normalized spacial score (nSPS) is 15.8. The minimum atomic E-state index is -4.05. The monoisotopic (exact) mass is 436 g/mol. The minimum Gasteiger partial charge on any atom is -0.370 e. The Balaban J connectivity index is 1.96. The Morgan fingerprint density at radius 3 is 2.52 bits per heavy atom. The van der Waals surface area contributed by atoms with Crippen molar-refractivity contribution in [2.75, 3.05) is 18.0 Å². The van der Waals surface area contributed by atoms with Crippen molar-refractivity contribution in [2.24, 2.45) is 5.92 Å². The molecular formula is C21H19ClF2N2O2S. The highest BCUT2D eigenvalue weighted by Crippen LogP contribution is 2.38. The summed E-state index contributed by atoms with van der Waals surface area (Å²) in [6.07, 6.45) is 3.10. The zero-order chi connectivity index (χ0) is 20.8. The second kappa shape index (κ2) is 7.54. The second-order valence-electron chi connectivity index (χ2n) is 7.38. The first-order valence-corrected chi connectivity index (χ1v) is 11.2. The van der Waals surface area contributed by atoms with Crippen molar-refractivity contribution in [1.82, 2.24) is 4.98 Å². The van der Waals surface area contributed by atoms with Gasteiger partial charge in [-0.15, -0.1) is 0 Å². The molecule has 0 atom stereocenters. The summed E-state index contributed by atoms with van der Waals surface area (Å²) in [5, 5.41) is 0.160. The molecule has 0 saturated carbocycles. The van der Waals surface area contributed by atoms with Gasteiger partial charge in [-0.05, 0) is 55.2 Å². The number of rotatable bonds is 3. The average molecular weight is 437 g/mol. The average Bonchev–Trinajstić information content (AvgIpc) is 2.69. The first-order valence-electron chi connectivity index (χ1n) is 9.30. The Morgan fingerprint density at radius 2 is 1.83 bits per heavy atom. The summed E-state index contributed by atoms with van der Waals surface area (Å²) in [4.78, 5) is 6.05. The van der Waals surface area contributed by atoms with E-state index < -0.39 is 21.5 Å². The molecule has 2 heterocycles. The standard InChI is InChI=1S/C21H19ClF2N2O2S/c1-13-6-8-26(9-7-13)21-16-10-14(23)2-5-19(16)25-12-20(21)29(27,28)15-3-4-18(24)17(22)11-15/h2-5,10-13H,6-9H2,1H3. The van der Waals surface area contributed by atoms with Crippen molar-refractivity contribution in [3.63, 3.8) is 0 Å². The van der Waals surface area contributed by atoms with Gasteiger partial charge in [0.15, 0.2) is 0 Å². The summed E-state index contributed by atoms with van der Waals surface area (Å²) in [7, 11) is -4.05. The molecule has 1 aliphatic heterocycles. The Hall–Kier alpha value is -2.25. The van der Waals surface area contributed by atoms with E-state index in [0.29, 0.717) is 35.6 Å². The lowest BCUT2D eigenvalue weighted by molar-refractivity contribution is 0.437. The number of benzene rings is 2. The number of pyridine rings is 1. The third-order valence-electron chi connectivity index (χ3n) is 5.36. The molecule has 0 spiro atoms. The third-order valence-corrected chi connectivity index (χ3v) is 7.40. The predicted octanol–water partition coefficient (Wildman–Crippen LogP) is 5.24. The number of fused-ring (bicyclic) bond motifs is 1. The Bertz CT molecular complexity index is 1190. The molecule has 0 bridgehead atoms. The molecule has 152 valence electrons. The van der Waals surface area contributed by atoms with Crippen LogP contribution in [0, 0.1) is 17.6 Å². The van der Waals surface area contributed by atoms with E-state index in [1.807, 2.05) is 4.90 Å². The van der Waals surface area contributed by atoms with E-state index in [-0.39, 0.29) is 14.8 Å². The molecule has 4 rings (SSSR count). The van der Waals surface area contributed by atoms with Crippen LogP contribution < -0.4 is 4.90 Å². The molecule has 1 aliphatic rings. The van der Waals surface area contributed by atoms with Crippen molar-refractivity contribution in [3.05, 3.63) is 59.3 Å². The molecule has 29 heavy (non-hydrogen) atoms. The van der Waals surface area contributed by atoms with E-state index in [2.05, 4.69) is 11.9 Å². The lowest BCUT2D eigenvalue weighted by Gasteiger charge is -2.34. The van der Waals surface area contributed by atoms with Crippen LogP contribution in [0.1, 0.15) is 19.8 Å². The molecule has 0 unspecified atom stereocenters. The quantitative estimate of drug-likeness (QED) is 0.527. The Morgan fingerprint density at radius 1 is 1.10 bits per heavy atom. The van der Waals surface area contributed by atoms with E-state index in [4.69, 9.17) is 11.6 Å². The number of hydrogen-bond donors (Lipinski definition) is 0. The molecule has 0 amide bonds. The van der Waals surface area contributed by atoms with Gasteiger partial charge in [-0.2, -0.15) is 0 Å². The molecule has 8 heteroatoms. The molecular weight excluding hydrogens is 418 g/mol. The lowest BCUT2D eigenvalue weighted by atomic mass is 9.98. The largest absolute Gasteiger partial charge is 0.370 e. The third kappa shape index (κ3) is 3.69. The van der Waals surface area contributed by atoms with E-state index in [9.17, 15) is 17.2 Å². The fraction of sp³-hybridized carbons (Fsp3) is 0.286. The maximum Gasteiger partial charge on any atom is 0.210 e. The van der Waals surface area contributed by atoms with Crippen molar-refractivity contribution >= 4 is 38.0 Å². The van der Waals surface area contributed by atoms with Crippen LogP contribution in [-0.2, 0) is 9.84 Å². The maximum atomic E-state index is 14.0. The smallest absolute Gasteiger partial charge is 0.210 e. The van der Waals surface area contributed by atoms with Crippen LogP contribution in [0.25, 0.3) is 10.9 Å². The van der Waals surface area contributed by atoms with Gasteiger partial charge < -0.3 is 4.90 Å². The number of anilines is 1. The van der Waals surface area contributed by atoms with Crippen LogP contribution >= 0.6 is 11.6 Å². The van der Waals surface area contributed by atoms with Gasteiger partial charge in [-0.25, -0.2) is 17.2 Å². The fourth-order valence-electron chi connectivity index (χ4n) is 3.66. The summed E-state index contributed by atoms with van der Waals surface area (Å²) in [6.45, 7) is 3.47. The van der Waals surface area contributed by atoms with Gasteiger partial charge >= 0.3 is 0 Å². The van der Waals surface area contributed by atoms with Crippen molar-refractivity contribution in [1.29, 1.82) is 0 Å². The summed E-state index contributed by atoms with van der Waals surface area (Å²) in [5.74, 6) is -0.632. The van der Waals surface area contributed by atoms with Crippen molar-refractivity contribution in [3.8, 4) is 0 Å². The number of halogens is 3. The number of sulfone groups is 1. The molecule has 1 fully saturated rings. The highest BCUT2D eigenvalue weighted by Gasteiger charge is 2.29. The van der Waals surface area contributed by atoms with Gasteiger partial charge in [0, 0.05) is 24.7 Å². The fourth-order valence-corrected chi connectivity index (χ4v) is 5.36. The van der Waals surface area contributed by atoms with Gasteiger partial charge in [0.2, 0.25) is 9.84 Å². The van der Waals surface area contributed by atoms with Gasteiger partial charge in [-0.3, -0.25) is 4.98 Å². The summed E-state index contributed by atoms with van der Waals surface area (Å²) in [5.41, 5.74) is 0.943. The summed E-state index contributed by atoms with van der Waals surface area (Å²) < 4.78 is 54.4. The van der Waals surface area contributed by atoms with Crippen molar-refractivity contribution in [2.45, 2.75) is 29.6 Å². The summed E-state index contributed by atoms with van der Waals surface area (Å²) in [6, 6.07) is 7.42. The Labute approximate surface area is 173 Å². The number of aromatic nitrogens is 1. The number of hydrogen-bond acceptors (Lipinski definition) is 4. The van der Waals surface area contributed by atoms with E-state index in [1.165, 1.54) is 30.5 Å². The van der Waals surface area contributed by atoms with Crippen LogP contribution in [0.15, 0.2) is 52.4 Å². The van der Waals surface area contributed by atoms with E-state index in [1.54, 1.807) is 0 Å². The van der Waals surface area contributed by atoms with Crippen LogP contribution in [0.3, 0.4) is 0 Å². The molecule has 3 aromatic rings. The first-order chi connectivity index (χ1) is 13.8. The molecule has 0 N–H and O–H groups in total. The number of piperidine rings is 1. The van der Waals surface area contributed by atoms with Crippen LogP contribution in [-0.4, -0.2) is 26.5 Å². The summed E-state index contributed by atoms with van der Waals surface area (Å²) >= 11 is 5.81. The van der Waals surface area contributed by atoms with Gasteiger partial charge in [0.25, 0.3) is 0 Å². The minimum absolute atomic E-state index is 0.0344. The Kier molecular flexibility index (Phi) is 5.21. The van der Waals surface area contributed by atoms with Crippen LogP contribution in [0.2, 0.25) is 5.02 Å². The van der Waals surface area contributed by atoms with Gasteiger partial charge in [0.05, 0.1) is 21.1 Å². The molecule has 0 radical (unpaired) electrons. The molecule has 2 aromatic carbocycles. The zero-order valence-corrected chi connectivity index (χ0v) is 17.3. The predicted molar refractivity (Wildman–Crippen MR) is 109 cm³/mol. The second-order valence-corrected chi connectivity index (χ2v) is 9.71. The first kappa shape index (κ1) is 20.0. The van der Waals surface area contributed by atoms with Gasteiger partial charge in [0.1, 0.15) is 16.5 Å². The molecule has 0 aliphatic carbocycles. The highest BCUT2D eigenvalue weighted by molar-refractivity contribution is 7.91. The zero-order valence-electron chi connectivity index (χ0n) is 15.7. The van der Waals surface area contributed by atoms with Crippen LogP contribution in [0.5, 0.6) is 0 Å². The molecule has 4 nitrogen and oxygen atoms in total. The van der Waals surface area contributed by atoms with Crippen molar-refractivity contribution < 1.29 is 17.2 Å². The number of nitrogens with zero attached hydrogens (tertiary/aromatic N) is 2. The van der Waals surface area contributed by atoms with E-state index >= 15 is 0 Å². The topological polar surface area (TPSA) is 50.3 Å². The lowest BCUT2D eigenvalue weighted by Crippen LogP contribution is -2.34. The highest BCUT2D eigenvalue weighted by atomic mass is 35.5. The SMILES string of the molecule is CC1CCN(c2c(S(=O)(=O)c3ccc(F)c(Cl)c3)cnc3ccc(F)cc23)CC1. The van der Waals surface area contributed by atoms with Crippen LogP contribution in [0.4, 0.5) is 14.5 Å². The van der Waals surface area contributed by atoms with Gasteiger partial charge in [-0.1, -0.05) is 18.5 Å². The molecule has 1 aromatic heterocycles. The maximum absolute atomic E-state index is 14.0. The van der Waals surface area contributed by atoms with E-state index in [0.717, 1.165) is 25.0 Å². The molecule has 1 saturated heterocycles.